The zero-order valence-electron chi connectivity index (χ0n) is 16.3. The molecule has 0 aliphatic heterocycles. The molecule has 0 aliphatic carbocycles. The maximum atomic E-state index is 12.7. The van der Waals surface area contributed by atoms with Gasteiger partial charge in [0.05, 0.1) is 24.5 Å². The molecule has 0 spiro atoms. The Labute approximate surface area is 173 Å². The molecule has 0 saturated heterocycles. The lowest BCUT2D eigenvalue weighted by atomic mass is 10.2. The first-order valence-corrected chi connectivity index (χ1v) is 10.0. The van der Waals surface area contributed by atoms with E-state index in [1.165, 1.54) is 11.8 Å². The van der Waals surface area contributed by atoms with Gasteiger partial charge in [-0.1, -0.05) is 25.1 Å². The molecule has 1 unspecified atom stereocenters. The number of aliphatic carboxylic acids is 1. The van der Waals surface area contributed by atoms with Gasteiger partial charge in [0.2, 0.25) is 11.8 Å². The van der Waals surface area contributed by atoms with Crippen molar-refractivity contribution in [2.75, 3.05) is 17.7 Å². The van der Waals surface area contributed by atoms with Crippen molar-refractivity contribution < 1.29 is 24.2 Å². The number of anilines is 2. The second-order valence-electron chi connectivity index (χ2n) is 6.17. The topological polar surface area (TPSA) is 105 Å². The van der Waals surface area contributed by atoms with Crippen LogP contribution in [0, 0.1) is 0 Å². The van der Waals surface area contributed by atoms with Crippen LogP contribution in [0.5, 0.6) is 5.75 Å². The van der Waals surface area contributed by atoms with E-state index in [-0.39, 0.29) is 29.9 Å². The second-order valence-corrected chi connectivity index (χ2v) is 7.45. The van der Waals surface area contributed by atoms with Crippen molar-refractivity contribution in [1.82, 2.24) is 0 Å². The predicted molar refractivity (Wildman–Crippen MR) is 114 cm³/mol. The second kappa shape index (κ2) is 11.1. The van der Waals surface area contributed by atoms with Crippen LogP contribution in [0.15, 0.2) is 53.4 Å². The van der Waals surface area contributed by atoms with Crippen molar-refractivity contribution in [1.29, 1.82) is 0 Å². The molecule has 2 amide bonds. The quantitative estimate of drug-likeness (QED) is 0.506. The van der Waals surface area contributed by atoms with E-state index in [4.69, 9.17) is 9.84 Å². The number of nitrogens with one attached hydrogen (secondary N) is 2. The molecule has 7 nitrogen and oxygen atoms in total. The lowest BCUT2D eigenvalue weighted by molar-refractivity contribution is -0.138. The molecule has 0 saturated carbocycles. The fourth-order valence-corrected chi connectivity index (χ4v) is 3.55. The summed E-state index contributed by atoms with van der Waals surface area (Å²) in [6.07, 6.45) is 0.299. The molecule has 2 aromatic rings. The van der Waals surface area contributed by atoms with Crippen molar-refractivity contribution in [3.63, 3.8) is 0 Å². The Kier molecular flexibility index (Phi) is 8.54. The molecule has 154 valence electrons. The molecule has 3 N–H and O–H groups in total. The molecule has 2 aromatic carbocycles. The highest BCUT2D eigenvalue weighted by Crippen LogP contribution is 2.30. The summed E-state index contributed by atoms with van der Waals surface area (Å²) in [5.74, 6) is -0.934. The third-order valence-electron chi connectivity index (χ3n) is 3.99. The normalized spacial score (nSPS) is 11.4. The molecule has 2 rings (SSSR count). The highest BCUT2D eigenvalue weighted by Gasteiger charge is 2.19. The van der Waals surface area contributed by atoms with E-state index < -0.39 is 5.97 Å². The van der Waals surface area contributed by atoms with E-state index in [1.54, 1.807) is 37.4 Å². The van der Waals surface area contributed by atoms with Gasteiger partial charge in [-0.05, 0) is 36.8 Å². The zero-order valence-corrected chi connectivity index (χ0v) is 17.1. The van der Waals surface area contributed by atoms with Crippen molar-refractivity contribution in [3.8, 4) is 5.75 Å². The van der Waals surface area contributed by atoms with E-state index in [2.05, 4.69) is 10.6 Å². The van der Waals surface area contributed by atoms with Crippen LogP contribution in [-0.4, -0.2) is 35.2 Å². The van der Waals surface area contributed by atoms with Crippen LogP contribution in [0.4, 0.5) is 11.4 Å². The Morgan fingerprint density at radius 1 is 1.07 bits per heavy atom. The summed E-state index contributed by atoms with van der Waals surface area (Å²) in [7, 11) is 1.55. The summed E-state index contributed by atoms with van der Waals surface area (Å²) in [6, 6.07) is 14.3. The van der Waals surface area contributed by atoms with E-state index in [1.807, 2.05) is 25.1 Å². The van der Waals surface area contributed by atoms with Gasteiger partial charge in [0.15, 0.2) is 0 Å². The number of amides is 2. The average molecular weight is 416 g/mol. The summed E-state index contributed by atoms with van der Waals surface area (Å²) in [4.78, 5) is 35.9. The van der Waals surface area contributed by atoms with Crippen LogP contribution in [0.25, 0.3) is 0 Å². The monoisotopic (exact) mass is 416 g/mol. The predicted octanol–water partition coefficient (Wildman–Crippen LogP) is 4.01. The summed E-state index contributed by atoms with van der Waals surface area (Å²) in [6.45, 7) is 1.93. The number of methoxy groups -OCH3 is 1. The van der Waals surface area contributed by atoms with Crippen LogP contribution < -0.4 is 15.4 Å². The third kappa shape index (κ3) is 7.15. The van der Waals surface area contributed by atoms with Gasteiger partial charge in [0.25, 0.3) is 0 Å². The number of carbonyl (C=O) groups is 3. The fourth-order valence-electron chi connectivity index (χ4n) is 2.54. The average Bonchev–Trinajstić information content (AvgIpc) is 2.71. The van der Waals surface area contributed by atoms with Gasteiger partial charge in [-0.25, -0.2) is 0 Å². The van der Waals surface area contributed by atoms with Crippen LogP contribution in [0.1, 0.15) is 26.2 Å². The molecule has 8 heteroatoms. The maximum Gasteiger partial charge on any atom is 0.303 e. The number of ether oxygens (including phenoxy) is 1. The Bertz CT molecular complexity index is 872. The zero-order chi connectivity index (χ0) is 21.2. The minimum Gasteiger partial charge on any atom is -0.495 e. The first kappa shape index (κ1) is 22.3. The van der Waals surface area contributed by atoms with Crippen molar-refractivity contribution in [2.24, 2.45) is 0 Å². The van der Waals surface area contributed by atoms with Gasteiger partial charge < -0.3 is 20.5 Å². The first-order chi connectivity index (χ1) is 13.9. The van der Waals surface area contributed by atoms with Gasteiger partial charge in [-0.15, -0.1) is 11.8 Å². The van der Waals surface area contributed by atoms with Crippen LogP contribution in [0.2, 0.25) is 0 Å². The Morgan fingerprint density at radius 3 is 2.52 bits per heavy atom. The number of carboxylic acids is 1. The molecule has 0 aliphatic rings. The van der Waals surface area contributed by atoms with Crippen molar-refractivity contribution in [3.05, 3.63) is 48.5 Å². The van der Waals surface area contributed by atoms with Gasteiger partial charge >= 0.3 is 5.97 Å². The highest BCUT2D eigenvalue weighted by atomic mass is 32.2. The van der Waals surface area contributed by atoms with Gasteiger partial charge in [0, 0.05) is 17.0 Å². The van der Waals surface area contributed by atoms with Gasteiger partial charge in [0.1, 0.15) is 5.75 Å². The number of carboxylic acid groups (broad SMARTS) is 1. The molecule has 0 aromatic heterocycles. The van der Waals surface area contributed by atoms with E-state index >= 15 is 0 Å². The molecule has 0 radical (unpaired) electrons. The van der Waals surface area contributed by atoms with E-state index in [0.29, 0.717) is 23.5 Å². The number of hydrogen-bond acceptors (Lipinski definition) is 5. The van der Waals surface area contributed by atoms with Crippen LogP contribution >= 0.6 is 11.8 Å². The SMILES string of the molecule is CCC(Sc1cccc(NC(=O)CCC(=O)O)c1)C(=O)Nc1ccccc1OC. The Hall–Kier alpha value is -3.00. The summed E-state index contributed by atoms with van der Waals surface area (Å²) >= 11 is 1.39. The summed E-state index contributed by atoms with van der Waals surface area (Å²) < 4.78 is 5.27. The van der Waals surface area contributed by atoms with E-state index in [9.17, 15) is 14.4 Å². The van der Waals surface area contributed by atoms with Gasteiger partial charge in [-0.2, -0.15) is 0 Å². The maximum absolute atomic E-state index is 12.7. The summed E-state index contributed by atoms with van der Waals surface area (Å²) in [5.41, 5.74) is 1.17. The Morgan fingerprint density at radius 2 is 1.83 bits per heavy atom. The number of hydrogen-bond donors (Lipinski definition) is 3. The molecular formula is C21H24N2O5S. The molecular weight excluding hydrogens is 392 g/mol. The lowest BCUT2D eigenvalue weighted by Gasteiger charge is -2.16. The van der Waals surface area contributed by atoms with Gasteiger partial charge in [-0.3, -0.25) is 14.4 Å². The number of thioether (sulfide) groups is 1. The van der Waals surface area contributed by atoms with Crippen LogP contribution in [0.3, 0.4) is 0 Å². The van der Waals surface area contributed by atoms with Crippen LogP contribution in [-0.2, 0) is 14.4 Å². The standard InChI is InChI=1S/C21H24N2O5S/c1-3-18(21(27)23-16-9-4-5-10-17(16)28-2)29-15-8-6-7-14(13-15)22-19(24)11-12-20(25)26/h4-10,13,18H,3,11-12H2,1-2H3,(H,22,24)(H,23,27)(H,25,26). The number of benzene rings is 2. The molecule has 0 fully saturated rings. The fraction of sp³-hybridized carbons (Fsp3) is 0.286. The number of para-hydroxylation sites is 2. The first-order valence-electron chi connectivity index (χ1n) is 9.15. The highest BCUT2D eigenvalue weighted by molar-refractivity contribution is 8.00. The molecule has 29 heavy (non-hydrogen) atoms. The Balaban J connectivity index is 2.02. The minimum atomic E-state index is -1.02. The smallest absolute Gasteiger partial charge is 0.303 e. The molecule has 0 heterocycles. The van der Waals surface area contributed by atoms with E-state index in [0.717, 1.165) is 4.90 Å². The van der Waals surface area contributed by atoms with Crippen molar-refractivity contribution >= 4 is 40.9 Å². The summed E-state index contributed by atoms with van der Waals surface area (Å²) in [5, 5.41) is 13.9. The molecule has 0 bridgehead atoms. The largest absolute Gasteiger partial charge is 0.495 e. The number of rotatable bonds is 10. The lowest BCUT2D eigenvalue weighted by Crippen LogP contribution is -2.24. The minimum absolute atomic E-state index is 0.0917. The number of carbonyl (C=O) groups excluding carboxylic acids is 2. The third-order valence-corrected chi connectivity index (χ3v) is 5.35. The van der Waals surface area contributed by atoms with Crippen molar-refractivity contribution in [2.45, 2.75) is 36.3 Å². The molecule has 1 atom stereocenters.